The number of carbonyl (C=O) groups is 1. The van der Waals surface area contributed by atoms with E-state index in [0.29, 0.717) is 24.9 Å². The molecule has 2 aromatic heterocycles. The van der Waals surface area contributed by atoms with E-state index < -0.39 is 0 Å². The van der Waals surface area contributed by atoms with Gasteiger partial charge < -0.3 is 4.74 Å². The van der Waals surface area contributed by atoms with Crippen LogP contribution in [0, 0.1) is 12.8 Å². The second-order valence-corrected chi connectivity index (χ2v) is 8.90. The summed E-state index contributed by atoms with van der Waals surface area (Å²) < 4.78 is 7.08. The van der Waals surface area contributed by atoms with Crippen molar-refractivity contribution in [2.24, 2.45) is 5.92 Å². The van der Waals surface area contributed by atoms with Crippen LogP contribution in [0.3, 0.4) is 0 Å². The SMILES string of the molecule is CCOC(=O)CC1CCC(c2cc(C)n3ncc(-c4ccc5ccccc5c4)c3n2)CC1. The Kier molecular flexibility index (Phi) is 5.64. The van der Waals surface area contributed by atoms with Crippen LogP contribution in [0.5, 0.6) is 0 Å². The minimum Gasteiger partial charge on any atom is -0.466 e. The Morgan fingerprint density at radius 1 is 1.06 bits per heavy atom. The van der Waals surface area contributed by atoms with Gasteiger partial charge in [-0.05, 0) is 73.9 Å². The number of carbonyl (C=O) groups excluding carboxylic acids is 1. The van der Waals surface area contributed by atoms with Gasteiger partial charge in [-0.15, -0.1) is 0 Å². The Labute approximate surface area is 188 Å². The number of hydrogen-bond donors (Lipinski definition) is 0. The molecule has 5 heteroatoms. The minimum atomic E-state index is -0.0642. The first-order valence-electron chi connectivity index (χ1n) is 11.6. The van der Waals surface area contributed by atoms with E-state index in [0.717, 1.165) is 53.8 Å². The highest BCUT2D eigenvalue weighted by atomic mass is 16.5. The maximum absolute atomic E-state index is 11.8. The van der Waals surface area contributed by atoms with Crippen molar-refractivity contribution in [1.82, 2.24) is 14.6 Å². The molecule has 0 amide bonds. The van der Waals surface area contributed by atoms with Gasteiger partial charge in [-0.1, -0.05) is 36.4 Å². The topological polar surface area (TPSA) is 56.5 Å². The Morgan fingerprint density at radius 2 is 1.84 bits per heavy atom. The average molecular weight is 428 g/mol. The van der Waals surface area contributed by atoms with Crippen molar-refractivity contribution in [3.63, 3.8) is 0 Å². The van der Waals surface area contributed by atoms with Crippen molar-refractivity contribution in [3.05, 3.63) is 66.1 Å². The van der Waals surface area contributed by atoms with Crippen LogP contribution in [0.2, 0.25) is 0 Å². The maximum atomic E-state index is 11.8. The number of nitrogens with zero attached hydrogens (tertiary/aromatic N) is 3. The third-order valence-corrected chi connectivity index (χ3v) is 6.76. The Hall–Kier alpha value is -3.21. The Balaban J connectivity index is 1.41. The van der Waals surface area contributed by atoms with Gasteiger partial charge in [-0.2, -0.15) is 5.10 Å². The number of fused-ring (bicyclic) bond motifs is 2. The minimum absolute atomic E-state index is 0.0642. The average Bonchev–Trinajstić information content (AvgIpc) is 3.24. The molecule has 1 fully saturated rings. The van der Waals surface area contributed by atoms with Crippen molar-refractivity contribution in [2.45, 2.75) is 51.9 Å². The number of esters is 1. The molecule has 5 nitrogen and oxygen atoms in total. The first kappa shape index (κ1) is 20.7. The molecule has 0 radical (unpaired) electrons. The fourth-order valence-corrected chi connectivity index (χ4v) is 5.02. The van der Waals surface area contributed by atoms with Gasteiger partial charge in [0.1, 0.15) is 0 Å². The number of aryl methyl sites for hydroxylation is 1. The fraction of sp³-hybridized carbons (Fsp3) is 0.370. The molecule has 1 aliphatic carbocycles. The number of rotatable bonds is 5. The van der Waals surface area contributed by atoms with E-state index in [4.69, 9.17) is 9.72 Å². The smallest absolute Gasteiger partial charge is 0.306 e. The van der Waals surface area contributed by atoms with Crippen LogP contribution in [0.4, 0.5) is 0 Å². The lowest BCUT2D eigenvalue weighted by Gasteiger charge is -2.28. The molecule has 164 valence electrons. The van der Waals surface area contributed by atoms with Crippen LogP contribution in [0.25, 0.3) is 27.5 Å². The van der Waals surface area contributed by atoms with Crippen LogP contribution in [-0.4, -0.2) is 27.2 Å². The molecule has 0 unspecified atom stereocenters. The van der Waals surface area contributed by atoms with Gasteiger partial charge in [0.2, 0.25) is 0 Å². The molecule has 5 rings (SSSR count). The predicted octanol–water partition coefficient (Wildman–Crippen LogP) is 6.08. The van der Waals surface area contributed by atoms with Gasteiger partial charge in [0.25, 0.3) is 0 Å². The zero-order valence-electron chi connectivity index (χ0n) is 18.8. The zero-order valence-corrected chi connectivity index (χ0v) is 18.8. The summed E-state index contributed by atoms with van der Waals surface area (Å²) in [7, 11) is 0. The van der Waals surface area contributed by atoms with Gasteiger partial charge in [-0.25, -0.2) is 9.50 Å². The lowest BCUT2D eigenvalue weighted by Crippen LogP contribution is -2.18. The second kappa shape index (κ2) is 8.73. The molecule has 2 heterocycles. The molecule has 32 heavy (non-hydrogen) atoms. The largest absolute Gasteiger partial charge is 0.466 e. The molecule has 0 saturated heterocycles. The van der Waals surface area contributed by atoms with Crippen LogP contribution >= 0.6 is 0 Å². The van der Waals surface area contributed by atoms with E-state index in [9.17, 15) is 4.79 Å². The quantitative estimate of drug-likeness (QED) is 0.362. The first-order chi connectivity index (χ1) is 15.6. The van der Waals surface area contributed by atoms with Crippen LogP contribution in [0.15, 0.2) is 54.7 Å². The van der Waals surface area contributed by atoms with Crippen LogP contribution in [-0.2, 0) is 9.53 Å². The molecule has 1 saturated carbocycles. The molecule has 1 aliphatic rings. The Morgan fingerprint density at radius 3 is 2.62 bits per heavy atom. The summed E-state index contributed by atoms with van der Waals surface area (Å²) in [5.41, 5.74) is 5.37. The van der Waals surface area contributed by atoms with Gasteiger partial charge in [0, 0.05) is 29.3 Å². The molecule has 0 spiro atoms. The van der Waals surface area contributed by atoms with Crippen molar-refractivity contribution < 1.29 is 9.53 Å². The van der Waals surface area contributed by atoms with Crippen molar-refractivity contribution in [3.8, 4) is 11.1 Å². The van der Waals surface area contributed by atoms with Gasteiger partial charge in [0.05, 0.1) is 12.8 Å². The summed E-state index contributed by atoms with van der Waals surface area (Å²) in [5.74, 6) is 0.792. The van der Waals surface area contributed by atoms with E-state index in [-0.39, 0.29) is 5.97 Å². The number of ether oxygens (including phenoxy) is 1. The zero-order chi connectivity index (χ0) is 22.1. The van der Waals surface area contributed by atoms with Gasteiger partial charge >= 0.3 is 5.97 Å². The monoisotopic (exact) mass is 427 g/mol. The maximum Gasteiger partial charge on any atom is 0.306 e. The summed E-state index contributed by atoms with van der Waals surface area (Å²) in [6, 6.07) is 17.1. The van der Waals surface area contributed by atoms with Crippen LogP contribution in [0.1, 0.15) is 56.3 Å². The number of benzene rings is 2. The molecule has 0 atom stereocenters. The van der Waals surface area contributed by atoms with Gasteiger partial charge in [-0.3, -0.25) is 4.79 Å². The van der Waals surface area contributed by atoms with E-state index in [2.05, 4.69) is 60.6 Å². The Bertz CT molecular complexity index is 1270. The normalized spacial score (nSPS) is 18.8. The van der Waals surface area contributed by atoms with Gasteiger partial charge in [0.15, 0.2) is 5.65 Å². The highest BCUT2D eigenvalue weighted by Crippen LogP contribution is 2.37. The molecule has 0 aliphatic heterocycles. The first-order valence-corrected chi connectivity index (χ1v) is 11.6. The third-order valence-electron chi connectivity index (χ3n) is 6.76. The fourth-order valence-electron chi connectivity index (χ4n) is 5.02. The molecule has 0 bridgehead atoms. The molecule has 0 N–H and O–H groups in total. The highest BCUT2D eigenvalue weighted by Gasteiger charge is 2.26. The molecule has 2 aromatic carbocycles. The van der Waals surface area contributed by atoms with E-state index >= 15 is 0 Å². The van der Waals surface area contributed by atoms with E-state index in [1.165, 1.54) is 10.8 Å². The third kappa shape index (κ3) is 3.99. The summed E-state index contributed by atoms with van der Waals surface area (Å²) in [4.78, 5) is 16.9. The highest BCUT2D eigenvalue weighted by molar-refractivity contribution is 5.89. The predicted molar refractivity (Wildman–Crippen MR) is 127 cm³/mol. The van der Waals surface area contributed by atoms with Crippen molar-refractivity contribution in [2.75, 3.05) is 6.61 Å². The molecular weight excluding hydrogens is 398 g/mol. The molecular formula is C27H29N3O2. The molecule has 4 aromatic rings. The van der Waals surface area contributed by atoms with E-state index in [1.54, 1.807) is 0 Å². The summed E-state index contributed by atoms with van der Waals surface area (Å²) in [6.07, 6.45) is 6.69. The summed E-state index contributed by atoms with van der Waals surface area (Å²) >= 11 is 0. The lowest BCUT2D eigenvalue weighted by molar-refractivity contribution is -0.144. The number of aromatic nitrogens is 3. The lowest BCUT2D eigenvalue weighted by atomic mass is 9.79. The summed E-state index contributed by atoms with van der Waals surface area (Å²) in [5, 5.41) is 7.08. The van der Waals surface area contributed by atoms with Crippen molar-refractivity contribution >= 4 is 22.4 Å². The standard InChI is InChI=1S/C27H29N3O2/c1-3-32-26(31)15-19-8-10-21(11-9-19)25-14-18(2)30-27(29-25)24(17-28-30)23-13-12-20-6-4-5-7-22(20)16-23/h4-7,12-14,16-17,19,21H,3,8-11,15H2,1-2H3. The summed E-state index contributed by atoms with van der Waals surface area (Å²) in [6.45, 7) is 4.42. The number of hydrogen-bond acceptors (Lipinski definition) is 4. The van der Waals surface area contributed by atoms with E-state index in [1.807, 2.05) is 17.6 Å². The van der Waals surface area contributed by atoms with Crippen LogP contribution < -0.4 is 0 Å². The second-order valence-electron chi connectivity index (χ2n) is 8.90. The van der Waals surface area contributed by atoms with Crippen molar-refractivity contribution in [1.29, 1.82) is 0 Å².